The van der Waals surface area contributed by atoms with Crippen LogP contribution >= 0.6 is 11.3 Å². The molecule has 21 heavy (non-hydrogen) atoms. The molecule has 2 aromatic rings. The molecule has 0 aliphatic rings. The van der Waals surface area contributed by atoms with Crippen LogP contribution in [0.25, 0.3) is 0 Å². The summed E-state index contributed by atoms with van der Waals surface area (Å²) in [6, 6.07) is 9.35. The van der Waals surface area contributed by atoms with Gasteiger partial charge in [-0.05, 0) is 25.0 Å². The minimum absolute atomic E-state index is 0.169. The quantitative estimate of drug-likeness (QED) is 0.910. The van der Waals surface area contributed by atoms with Gasteiger partial charge in [0, 0.05) is 4.88 Å². The van der Waals surface area contributed by atoms with E-state index in [0.29, 0.717) is 10.6 Å². The lowest BCUT2D eigenvalue weighted by Crippen LogP contribution is -2.18. The third-order valence-electron chi connectivity index (χ3n) is 3.06. The largest absolute Gasteiger partial charge is 0.444 e. The highest BCUT2D eigenvalue weighted by molar-refractivity contribution is 7.16. The van der Waals surface area contributed by atoms with Gasteiger partial charge in [-0.1, -0.05) is 30.3 Å². The van der Waals surface area contributed by atoms with E-state index in [1.807, 2.05) is 37.3 Å². The van der Waals surface area contributed by atoms with Gasteiger partial charge >= 0.3 is 6.09 Å². The smallest absolute Gasteiger partial charge is 0.412 e. The van der Waals surface area contributed by atoms with Crippen LogP contribution in [0.5, 0.6) is 0 Å². The molecule has 2 amide bonds. The second-order valence-electron chi connectivity index (χ2n) is 4.54. The second kappa shape index (κ2) is 6.41. The number of anilines is 1. The maximum atomic E-state index is 11.8. The molecular formula is C15H16N2O3S. The number of carbonyl (C=O) groups excluding carboxylic acids is 2. The molecule has 0 atom stereocenters. The highest BCUT2D eigenvalue weighted by Crippen LogP contribution is 2.32. The lowest BCUT2D eigenvalue weighted by atomic mass is 10.1. The topological polar surface area (TPSA) is 81.4 Å². The van der Waals surface area contributed by atoms with Crippen molar-refractivity contribution in [2.24, 2.45) is 5.73 Å². The van der Waals surface area contributed by atoms with Gasteiger partial charge in [-0.2, -0.15) is 0 Å². The molecule has 1 aromatic carbocycles. The van der Waals surface area contributed by atoms with E-state index in [1.54, 1.807) is 6.92 Å². The molecule has 0 saturated heterocycles. The van der Waals surface area contributed by atoms with E-state index in [-0.39, 0.29) is 6.61 Å². The van der Waals surface area contributed by atoms with Gasteiger partial charge in [0.15, 0.2) is 0 Å². The van der Waals surface area contributed by atoms with E-state index >= 15 is 0 Å². The van der Waals surface area contributed by atoms with Crippen LogP contribution in [0, 0.1) is 13.8 Å². The predicted molar refractivity (Wildman–Crippen MR) is 82.6 cm³/mol. The van der Waals surface area contributed by atoms with E-state index in [4.69, 9.17) is 10.5 Å². The van der Waals surface area contributed by atoms with Crippen LogP contribution < -0.4 is 11.1 Å². The van der Waals surface area contributed by atoms with E-state index < -0.39 is 12.0 Å². The fraction of sp³-hybridized carbons (Fsp3) is 0.200. The summed E-state index contributed by atoms with van der Waals surface area (Å²) < 4.78 is 5.12. The fourth-order valence-electron chi connectivity index (χ4n) is 1.86. The van der Waals surface area contributed by atoms with Gasteiger partial charge in [0.2, 0.25) is 0 Å². The molecule has 1 heterocycles. The van der Waals surface area contributed by atoms with Crippen LogP contribution in [0.4, 0.5) is 9.80 Å². The molecule has 0 fully saturated rings. The van der Waals surface area contributed by atoms with Gasteiger partial charge in [0.1, 0.15) is 11.6 Å². The molecule has 0 spiro atoms. The predicted octanol–water partition coefficient (Wildman–Crippen LogP) is 3.21. The number of nitrogens with two attached hydrogens (primary N) is 1. The number of amides is 2. The molecule has 1 aromatic heterocycles. The Labute approximate surface area is 126 Å². The number of ether oxygens (including phenoxy) is 1. The number of benzene rings is 1. The Morgan fingerprint density at radius 3 is 2.52 bits per heavy atom. The number of aryl methyl sites for hydroxylation is 1. The maximum absolute atomic E-state index is 11.8. The zero-order valence-electron chi connectivity index (χ0n) is 11.8. The number of primary amides is 1. The number of hydrogen-bond acceptors (Lipinski definition) is 4. The van der Waals surface area contributed by atoms with Crippen LogP contribution in [0.15, 0.2) is 30.3 Å². The summed E-state index contributed by atoms with van der Waals surface area (Å²) in [5.41, 5.74) is 7.36. The Balaban J connectivity index is 2.03. The van der Waals surface area contributed by atoms with Crippen molar-refractivity contribution in [2.75, 3.05) is 5.32 Å². The van der Waals surface area contributed by atoms with Crippen LogP contribution in [-0.4, -0.2) is 12.0 Å². The first-order valence-electron chi connectivity index (χ1n) is 6.36. The summed E-state index contributed by atoms with van der Waals surface area (Å²) in [4.78, 5) is 24.2. The Hall–Kier alpha value is -2.34. The standard InChI is InChI=1S/C15H16N2O3S/c1-9-10(2)21-14(12(9)13(16)18)17-15(19)20-8-11-6-4-3-5-7-11/h3-7H,8H2,1-2H3,(H2,16,18)(H,17,19). The third-order valence-corrected chi connectivity index (χ3v) is 4.18. The molecule has 0 unspecified atom stereocenters. The van der Waals surface area contributed by atoms with Crippen molar-refractivity contribution in [3.05, 3.63) is 51.9 Å². The van der Waals surface area contributed by atoms with Gasteiger partial charge < -0.3 is 10.5 Å². The number of hydrogen-bond donors (Lipinski definition) is 2. The van der Waals surface area contributed by atoms with Crippen molar-refractivity contribution in [2.45, 2.75) is 20.5 Å². The SMILES string of the molecule is Cc1sc(NC(=O)OCc2ccccc2)c(C(N)=O)c1C. The van der Waals surface area contributed by atoms with Crippen molar-refractivity contribution >= 4 is 28.3 Å². The molecule has 2 rings (SSSR count). The van der Waals surface area contributed by atoms with Crippen LogP contribution in [0.3, 0.4) is 0 Å². The zero-order chi connectivity index (χ0) is 15.4. The average Bonchev–Trinajstić information content (AvgIpc) is 2.72. The van der Waals surface area contributed by atoms with Crippen molar-refractivity contribution in [1.29, 1.82) is 0 Å². The van der Waals surface area contributed by atoms with Crippen molar-refractivity contribution < 1.29 is 14.3 Å². The van der Waals surface area contributed by atoms with Crippen LogP contribution in [0.1, 0.15) is 26.4 Å². The van der Waals surface area contributed by atoms with E-state index in [2.05, 4.69) is 5.32 Å². The minimum Gasteiger partial charge on any atom is -0.444 e. The number of thiophene rings is 1. The number of nitrogens with one attached hydrogen (secondary N) is 1. The van der Waals surface area contributed by atoms with Crippen molar-refractivity contribution in [3.63, 3.8) is 0 Å². The molecule has 0 bridgehead atoms. The van der Waals surface area contributed by atoms with Crippen molar-refractivity contribution in [1.82, 2.24) is 0 Å². The first-order valence-corrected chi connectivity index (χ1v) is 7.18. The highest BCUT2D eigenvalue weighted by Gasteiger charge is 2.19. The summed E-state index contributed by atoms with van der Waals surface area (Å²) in [6.07, 6.45) is -0.609. The molecule has 0 aliphatic heterocycles. The first-order chi connectivity index (χ1) is 9.99. The molecule has 0 aliphatic carbocycles. The normalized spacial score (nSPS) is 10.2. The molecule has 0 saturated carbocycles. The van der Waals surface area contributed by atoms with Crippen LogP contribution in [0.2, 0.25) is 0 Å². The molecule has 6 heteroatoms. The van der Waals surface area contributed by atoms with E-state index in [0.717, 1.165) is 16.0 Å². The maximum Gasteiger partial charge on any atom is 0.412 e. The minimum atomic E-state index is -0.609. The molecule has 5 nitrogen and oxygen atoms in total. The summed E-state index contributed by atoms with van der Waals surface area (Å²) in [6.45, 7) is 3.83. The Kier molecular flexibility index (Phi) is 4.59. The van der Waals surface area contributed by atoms with Gasteiger partial charge in [0.25, 0.3) is 5.91 Å². The fourth-order valence-corrected chi connectivity index (χ4v) is 2.92. The highest BCUT2D eigenvalue weighted by atomic mass is 32.1. The summed E-state index contributed by atoms with van der Waals surface area (Å²) >= 11 is 1.31. The van der Waals surface area contributed by atoms with Crippen LogP contribution in [-0.2, 0) is 11.3 Å². The van der Waals surface area contributed by atoms with E-state index in [9.17, 15) is 9.59 Å². The molecular weight excluding hydrogens is 288 g/mol. The lowest BCUT2D eigenvalue weighted by molar-refractivity contribution is 0.100. The summed E-state index contributed by atoms with van der Waals surface area (Å²) in [5, 5.41) is 3.01. The number of carbonyl (C=O) groups is 2. The summed E-state index contributed by atoms with van der Waals surface area (Å²) in [7, 11) is 0. The van der Waals surface area contributed by atoms with Gasteiger partial charge in [0.05, 0.1) is 5.56 Å². The van der Waals surface area contributed by atoms with Gasteiger partial charge in [-0.15, -0.1) is 11.3 Å². The number of rotatable bonds is 4. The molecule has 3 N–H and O–H groups in total. The average molecular weight is 304 g/mol. The van der Waals surface area contributed by atoms with Crippen molar-refractivity contribution in [3.8, 4) is 0 Å². The van der Waals surface area contributed by atoms with Gasteiger partial charge in [-0.3, -0.25) is 10.1 Å². The molecule has 110 valence electrons. The lowest BCUT2D eigenvalue weighted by Gasteiger charge is -2.07. The second-order valence-corrected chi connectivity index (χ2v) is 5.76. The summed E-state index contributed by atoms with van der Waals surface area (Å²) in [5.74, 6) is -0.560. The molecule has 0 radical (unpaired) electrons. The third kappa shape index (κ3) is 3.61. The Bertz CT molecular complexity index is 665. The first kappa shape index (κ1) is 15.1. The monoisotopic (exact) mass is 304 g/mol. The zero-order valence-corrected chi connectivity index (χ0v) is 12.6. The Morgan fingerprint density at radius 2 is 1.90 bits per heavy atom. The van der Waals surface area contributed by atoms with Gasteiger partial charge in [-0.25, -0.2) is 4.79 Å². The van der Waals surface area contributed by atoms with E-state index in [1.165, 1.54) is 11.3 Å². The Morgan fingerprint density at radius 1 is 1.24 bits per heavy atom.